The molecule has 3 aromatic rings. The van der Waals surface area contributed by atoms with Gasteiger partial charge in [0.25, 0.3) is 0 Å². The van der Waals surface area contributed by atoms with Gasteiger partial charge in [-0.05, 0) is 55.7 Å². The van der Waals surface area contributed by atoms with E-state index in [9.17, 15) is 9.59 Å². The fraction of sp³-hybridized carbons (Fsp3) is 0.429. The second-order valence-electron chi connectivity index (χ2n) is 10.3. The van der Waals surface area contributed by atoms with Crippen molar-refractivity contribution in [1.29, 1.82) is 0 Å². The molecule has 0 radical (unpaired) electrons. The molecular weight excluding hydrogens is 410 g/mol. The summed E-state index contributed by atoms with van der Waals surface area (Å²) in [6.45, 7) is 4.56. The van der Waals surface area contributed by atoms with E-state index in [2.05, 4.69) is 55.2 Å². The zero-order valence-electron chi connectivity index (χ0n) is 19.4. The number of hydrogen-bond donors (Lipinski definition) is 1. The molecule has 1 saturated carbocycles. The van der Waals surface area contributed by atoms with Crippen LogP contribution in [0.15, 0.2) is 48.5 Å². The quantitative estimate of drug-likeness (QED) is 0.625. The van der Waals surface area contributed by atoms with Crippen LogP contribution in [0.1, 0.15) is 61.0 Å². The van der Waals surface area contributed by atoms with Crippen molar-refractivity contribution < 1.29 is 9.59 Å². The maximum absolute atomic E-state index is 13.9. The lowest BCUT2D eigenvalue weighted by molar-refractivity contribution is -0.161. The zero-order valence-corrected chi connectivity index (χ0v) is 19.4. The molecule has 2 atom stereocenters. The van der Waals surface area contributed by atoms with Crippen molar-refractivity contribution >= 4 is 22.7 Å². The molecule has 0 bridgehead atoms. The van der Waals surface area contributed by atoms with E-state index >= 15 is 0 Å². The van der Waals surface area contributed by atoms with Crippen LogP contribution in [0, 0.1) is 12.8 Å². The van der Waals surface area contributed by atoms with Gasteiger partial charge in [-0.2, -0.15) is 0 Å². The second-order valence-corrected chi connectivity index (χ2v) is 10.3. The van der Waals surface area contributed by atoms with Crippen molar-refractivity contribution in [2.24, 2.45) is 5.92 Å². The molecule has 1 saturated heterocycles. The van der Waals surface area contributed by atoms with Crippen molar-refractivity contribution in [1.82, 2.24) is 14.8 Å². The van der Waals surface area contributed by atoms with Gasteiger partial charge in [-0.1, -0.05) is 55.0 Å². The average Bonchev–Trinajstić information content (AvgIpc) is 3.20. The van der Waals surface area contributed by atoms with Gasteiger partial charge < -0.3 is 14.8 Å². The van der Waals surface area contributed by atoms with E-state index in [0.717, 1.165) is 47.8 Å². The van der Waals surface area contributed by atoms with Crippen LogP contribution in [0.2, 0.25) is 0 Å². The summed E-state index contributed by atoms with van der Waals surface area (Å²) in [7, 11) is 0. The number of benzene rings is 2. The second kappa shape index (κ2) is 7.75. The summed E-state index contributed by atoms with van der Waals surface area (Å²) < 4.78 is 0. The molecule has 3 aliphatic rings. The topological polar surface area (TPSA) is 56.4 Å². The van der Waals surface area contributed by atoms with Crippen LogP contribution in [-0.4, -0.2) is 45.2 Å². The number of nitrogens with one attached hydrogen (secondary N) is 1. The molecule has 2 aromatic carbocycles. The van der Waals surface area contributed by atoms with Crippen molar-refractivity contribution in [2.75, 3.05) is 6.54 Å². The Morgan fingerprint density at radius 3 is 2.42 bits per heavy atom. The molecule has 33 heavy (non-hydrogen) atoms. The summed E-state index contributed by atoms with van der Waals surface area (Å²) in [5, 5.41) is 1.16. The molecule has 170 valence electrons. The molecule has 1 aromatic heterocycles. The van der Waals surface area contributed by atoms with Crippen molar-refractivity contribution in [3.05, 3.63) is 70.9 Å². The lowest BCUT2D eigenvalue weighted by atomic mass is 9.83. The number of nitrogens with zero attached hydrogens (tertiary/aromatic N) is 2. The number of aromatic nitrogens is 1. The molecule has 2 amide bonds. The summed E-state index contributed by atoms with van der Waals surface area (Å²) >= 11 is 0. The highest BCUT2D eigenvalue weighted by Crippen LogP contribution is 2.43. The maximum Gasteiger partial charge on any atom is 0.246 e. The fourth-order valence-electron chi connectivity index (χ4n) is 6.24. The molecule has 2 aliphatic heterocycles. The van der Waals surface area contributed by atoms with Crippen LogP contribution >= 0.6 is 0 Å². The minimum atomic E-state index is -0.441. The number of para-hydroxylation sites is 1. The number of fused-ring (bicyclic) bond motifs is 4. The summed E-state index contributed by atoms with van der Waals surface area (Å²) in [5.41, 5.74) is 5.54. The first-order valence-corrected chi connectivity index (χ1v) is 12.3. The molecule has 6 rings (SSSR count). The number of carbonyl (C=O) groups is 2. The lowest BCUT2D eigenvalue weighted by Gasteiger charge is -2.49. The number of aryl methyl sites for hydroxylation is 1. The molecule has 3 heterocycles. The van der Waals surface area contributed by atoms with Gasteiger partial charge in [0.15, 0.2) is 0 Å². The minimum Gasteiger partial charge on any atom is -0.356 e. The van der Waals surface area contributed by atoms with Gasteiger partial charge in [0.1, 0.15) is 12.6 Å². The largest absolute Gasteiger partial charge is 0.356 e. The first kappa shape index (κ1) is 20.5. The van der Waals surface area contributed by atoms with Gasteiger partial charge >= 0.3 is 0 Å². The molecule has 5 heteroatoms. The Morgan fingerprint density at radius 1 is 0.939 bits per heavy atom. The Balaban J connectivity index is 1.45. The van der Waals surface area contributed by atoms with E-state index in [1.807, 2.05) is 21.9 Å². The number of amides is 2. The van der Waals surface area contributed by atoms with Crippen molar-refractivity contribution in [3.8, 4) is 0 Å². The summed E-state index contributed by atoms with van der Waals surface area (Å²) in [6.07, 6.45) is 4.86. The number of rotatable bonds is 2. The van der Waals surface area contributed by atoms with Crippen LogP contribution in [0.5, 0.6) is 0 Å². The van der Waals surface area contributed by atoms with Gasteiger partial charge in [-0.15, -0.1) is 0 Å². The highest BCUT2D eigenvalue weighted by Gasteiger charge is 2.49. The first-order chi connectivity index (χ1) is 16.0. The fourth-order valence-corrected chi connectivity index (χ4v) is 6.24. The Hall–Kier alpha value is -3.08. The van der Waals surface area contributed by atoms with E-state index in [1.54, 1.807) is 0 Å². The van der Waals surface area contributed by atoms with Crippen LogP contribution in [-0.2, 0) is 16.0 Å². The van der Waals surface area contributed by atoms with Gasteiger partial charge in [0.2, 0.25) is 11.8 Å². The molecule has 1 N–H and O–H groups in total. The van der Waals surface area contributed by atoms with Crippen molar-refractivity contribution in [2.45, 2.75) is 64.1 Å². The number of piperazine rings is 1. The molecule has 5 nitrogen and oxygen atoms in total. The van der Waals surface area contributed by atoms with E-state index < -0.39 is 6.04 Å². The molecule has 1 unspecified atom stereocenters. The van der Waals surface area contributed by atoms with Gasteiger partial charge in [-0.3, -0.25) is 9.59 Å². The number of carbonyl (C=O) groups excluding carboxylic acids is 2. The minimum absolute atomic E-state index is 0.0631. The smallest absolute Gasteiger partial charge is 0.246 e. The van der Waals surface area contributed by atoms with Gasteiger partial charge in [0.05, 0.1) is 6.04 Å². The third-order valence-electron chi connectivity index (χ3n) is 8.11. The number of hydrogen-bond acceptors (Lipinski definition) is 2. The Morgan fingerprint density at radius 2 is 1.67 bits per heavy atom. The van der Waals surface area contributed by atoms with Crippen LogP contribution in [0.3, 0.4) is 0 Å². The number of aromatic amines is 1. The van der Waals surface area contributed by atoms with E-state index in [-0.39, 0.29) is 30.4 Å². The Kier molecular flexibility index (Phi) is 4.82. The van der Waals surface area contributed by atoms with Gasteiger partial charge in [-0.25, -0.2) is 0 Å². The summed E-state index contributed by atoms with van der Waals surface area (Å²) in [6, 6.07) is 16.2. The third kappa shape index (κ3) is 3.28. The third-order valence-corrected chi connectivity index (χ3v) is 8.11. The maximum atomic E-state index is 13.9. The Labute approximate surface area is 194 Å². The van der Waals surface area contributed by atoms with Crippen LogP contribution < -0.4 is 0 Å². The predicted octanol–water partition coefficient (Wildman–Crippen LogP) is 4.74. The van der Waals surface area contributed by atoms with Crippen molar-refractivity contribution in [3.63, 3.8) is 0 Å². The lowest BCUT2D eigenvalue weighted by Crippen LogP contribution is -2.65. The number of H-pyrrole nitrogens is 1. The molecular formula is C28H31N3O2. The monoisotopic (exact) mass is 441 g/mol. The zero-order chi connectivity index (χ0) is 22.7. The molecule has 1 aliphatic carbocycles. The standard InChI is InChI=1S/C28H31N3O2/c1-17-7-11-19(12-8-17)27-26-22(21-5-3-4-6-23(21)29-26)15-24-28(33)30(16-25(32)31(24)27)20-13-9-18(2)10-14-20/h3-8,11-12,18,20,24,27,29H,9-10,13-16H2,1-2H3/t18?,20?,24?,27-/m0/s1. The summed E-state index contributed by atoms with van der Waals surface area (Å²) in [4.78, 5) is 35.0. The average molecular weight is 442 g/mol. The molecule has 2 fully saturated rings. The van der Waals surface area contributed by atoms with E-state index in [4.69, 9.17) is 0 Å². The van der Waals surface area contributed by atoms with E-state index in [0.29, 0.717) is 12.3 Å². The van der Waals surface area contributed by atoms with E-state index in [1.165, 1.54) is 11.1 Å². The van der Waals surface area contributed by atoms with Crippen LogP contribution in [0.25, 0.3) is 10.9 Å². The highest BCUT2D eigenvalue weighted by molar-refractivity contribution is 5.97. The molecule has 0 spiro atoms. The predicted molar refractivity (Wildman–Crippen MR) is 129 cm³/mol. The first-order valence-electron chi connectivity index (χ1n) is 12.3. The highest BCUT2D eigenvalue weighted by atomic mass is 16.2. The normalized spacial score (nSPS) is 27.6. The van der Waals surface area contributed by atoms with Gasteiger partial charge in [0, 0.05) is 29.1 Å². The summed E-state index contributed by atoms with van der Waals surface area (Å²) in [5.74, 6) is 0.901. The van der Waals surface area contributed by atoms with Crippen LogP contribution in [0.4, 0.5) is 0 Å². The Bertz CT molecular complexity index is 1220. The SMILES string of the molecule is Cc1ccc([C@H]2c3[nH]c4ccccc4c3CC3C(=O)N(C4CCC(C)CC4)CC(=O)N32)cc1.